The third kappa shape index (κ3) is 2.32. The molecule has 0 fully saturated rings. The van der Waals surface area contributed by atoms with E-state index in [2.05, 4.69) is 17.1 Å². The SMILES string of the molecule is Oc1ccc(CCOS)cc1O. The standard InChI is InChI=1S/C8H10O3S/c9-7-2-1-6(3-4-11-12)5-8(7)10/h1-2,5,9-10,12H,3-4H2. The summed E-state index contributed by atoms with van der Waals surface area (Å²) in [5.74, 6) is -0.211. The molecule has 0 spiro atoms. The van der Waals surface area contributed by atoms with Gasteiger partial charge in [-0.25, -0.2) is 0 Å². The predicted octanol–water partition coefficient (Wildman–Crippen LogP) is 1.50. The van der Waals surface area contributed by atoms with E-state index in [1.165, 1.54) is 12.1 Å². The molecule has 66 valence electrons. The summed E-state index contributed by atoms with van der Waals surface area (Å²) in [6.45, 7) is 0.479. The van der Waals surface area contributed by atoms with E-state index < -0.39 is 0 Å². The summed E-state index contributed by atoms with van der Waals surface area (Å²) in [7, 11) is 0. The molecule has 1 aromatic rings. The summed E-state index contributed by atoms with van der Waals surface area (Å²) in [6, 6.07) is 4.67. The molecule has 0 bridgehead atoms. The van der Waals surface area contributed by atoms with E-state index in [0.717, 1.165) is 5.56 Å². The molecule has 0 saturated heterocycles. The second kappa shape index (κ2) is 4.23. The van der Waals surface area contributed by atoms with Crippen LogP contribution in [0.1, 0.15) is 5.56 Å². The molecule has 0 aliphatic rings. The van der Waals surface area contributed by atoms with Gasteiger partial charge in [0.05, 0.1) is 6.61 Å². The zero-order valence-corrected chi connectivity index (χ0v) is 7.29. The van der Waals surface area contributed by atoms with Crippen molar-refractivity contribution in [3.8, 4) is 11.5 Å². The van der Waals surface area contributed by atoms with Crippen molar-refractivity contribution in [3.63, 3.8) is 0 Å². The van der Waals surface area contributed by atoms with Gasteiger partial charge in [0.15, 0.2) is 11.5 Å². The van der Waals surface area contributed by atoms with E-state index in [1.54, 1.807) is 6.07 Å². The monoisotopic (exact) mass is 186 g/mol. The lowest BCUT2D eigenvalue weighted by molar-refractivity contribution is 0.384. The smallest absolute Gasteiger partial charge is 0.157 e. The third-order valence-corrected chi connectivity index (χ3v) is 1.70. The van der Waals surface area contributed by atoms with Gasteiger partial charge in [0.1, 0.15) is 0 Å². The molecule has 0 amide bonds. The molecule has 0 radical (unpaired) electrons. The van der Waals surface area contributed by atoms with E-state index >= 15 is 0 Å². The van der Waals surface area contributed by atoms with Crippen molar-refractivity contribution in [3.05, 3.63) is 23.8 Å². The van der Waals surface area contributed by atoms with Gasteiger partial charge in [0.2, 0.25) is 0 Å². The molecule has 0 atom stereocenters. The van der Waals surface area contributed by atoms with Gasteiger partial charge in [-0.3, -0.25) is 0 Å². The lowest BCUT2D eigenvalue weighted by Crippen LogP contribution is -1.90. The molecule has 3 nitrogen and oxygen atoms in total. The van der Waals surface area contributed by atoms with E-state index in [0.29, 0.717) is 13.0 Å². The maximum Gasteiger partial charge on any atom is 0.157 e. The summed E-state index contributed by atoms with van der Waals surface area (Å²) in [5, 5.41) is 18.1. The maximum absolute atomic E-state index is 9.09. The second-order valence-electron chi connectivity index (χ2n) is 2.41. The highest BCUT2D eigenvalue weighted by atomic mass is 32.1. The first-order valence-corrected chi connectivity index (χ1v) is 3.88. The Labute approximate surface area is 76.2 Å². The van der Waals surface area contributed by atoms with Crippen molar-refractivity contribution in [2.45, 2.75) is 6.42 Å². The van der Waals surface area contributed by atoms with Crippen LogP contribution >= 0.6 is 12.9 Å². The molecule has 0 aliphatic heterocycles. The molecule has 0 unspecified atom stereocenters. The lowest BCUT2D eigenvalue weighted by atomic mass is 10.1. The van der Waals surface area contributed by atoms with Crippen LogP contribution in [0.3, 0.4) is 0 Å². The topological polar surface area (TPSA) is 49.7 Å². The average Bonchev–Trinajstić information content (AvgIpc) is 2.07. The number of hydrogen-bond donors (Lipinski definition) is 3. The van der Waals surface area contributed by atoms with Crippen LogP contribution in [-0.2, 0) is 10.6 Å². The molecule has 2 N–H and O–H groups in total. The van der Waals surface area contributed by atoms with Crippen LogP contribution in [-0.4, -0.2) is 16.8 Å². The van der Waals surface area contributed by atoms with E-state index in [1.807, 2.05) is 0 Å². The number of thiol groups is 1. The van der Waals surface area contributed by atoms with Crippen molar-refractivity contribution >= 4 is 12.9 Å². The van der Waals surface area contributed by atoms with Crippen molar-refractivity contribution in [2.24, 2.45) is 0 Å². The molecule has 1 rings (SSSR count). The number of phenols is 2. The van der Waals surface area contributed by atoms with E-state index in [4.69, 9.17) is 10.2 Å². The minimum absolute atomic E-state index is 0.105. The quantitative estimate of drug-likeness (QED) is 0.381. The number of rotatable bonds is 3. The van der Waals surface area contributed by atoms with Gasteiger partial charge < -0.3 is 14.4 Å². The van der Waals surface area contributed by atoms with Crippen molar-refractivity contribution in [2.75, 3.05) is 6.61 Å². The Bertz CT molecular complexity index is 262. The molecule has 12 heavy (non-hydrogen) atoms. The van der Waals surface area contributed by atoms with Gasteiger partial charge in [-0.1, -0.05) is 6.07 Å². The van der Waals surface area contributed by atoms with E-state index in [-0.39, 0.29) is 11.5 Å². The van der Waals surface area contributed by atoms with Crippen LogP contribution in [0.2, 0.25) is 0 Å². The Morgan fingerprint density at radius 2 is 2.00 bits per heavy atom. The summed E-state index contributed by atoms with van der Waals surface area (Å²) in [5.41, 5.74) is 0.902. The molecular weight excluding hydrogens is 176 g/mol. The Morgan fingerprint density at radius 3 is 2.58 bits per heavy atom. The van der Waals surface area contributed by atoms with Gasteiger partial charge in [0.25, 0.3) is 0 Å². The minimum atomic E-state index is -0.106. The molecular formula is C8H10O3S. The maximum atomic E-state index is 9.09. The molecule has 0 aromatic heterocycles. The largest absolute Gasteiger partial charge is 0.504 e. The van der Waals surface area contributed by atoms with Crippen molar-refractivity contribution < 1.29 is 14.4 Å². The van der Waals surface area contributed by atoms with Crippen LogP contribution in [0.15, 0.2) is 18.2 Å². The minimum Gasteiger partial charge on any atom is -0.504 e. The van der Waals surface area contributed by atoms with Gasteiger partial charge in [-0.2, -0.15) is 0 Å². The fourth-order valence-electron chi connectivity index (χ4n) is 0.888. The Hall–Kier alpha value is -0.870. The predicted molar refractivity (Wildman–Crippen MR) is 48.4 cm³/mol. The van der Waals surface area contributed by atoms with Gasteiger partial charge in [-0.05, 0) is 37.0 Å². The Kier molecular flexibility index (Phi) is 3.25. The summed E-state index contributed by atoms with van der Waals surface area (Å²) in [4.78, 5) is 0. The first kappa shape index (κ1) is 9.22. The normalized spacial score (nSPS) is 10.1. The molecule has 0 heterocycles. The van der Waals surface area contributed by atoms with Crippen LogP contribution in [0.5, 0.6) is 11.5 Å². The average molecular weight is 186 g/mol. The van der Waals surface area contributed by atoms with Crippen LogP contribution in [0, 0.1) is 0 Å². The van der Waals surface area contributed by atoms with Crippen molar-refractivity contribution in [1.29, 1.82) is 0 Å². The number of benzene rings is 1. The highest BCUT2D eigenvalue weighted by Gasteiger charge is 1.99. The number of aromatic hydroxyl groups is 2. The zero-order chi connectivity index (χ0) is 8.97. The second-order valence-corrected chi connectivity index (χ2v) is 2.66. The van der Waals surface area contributed by atoms with Crippen LogP contribution < -0.4 is 0 Å². The first-order valence-electron chi connectivity index (χ1n) is 3.51. The molecule has 4 heteroatoms. The fourth-order valence-corrected chi connectivity index (χ4v) is 0.979. The first-order chi connectivity index (χ1) is 5.74. The van der Waals surface area contributed by atoms with Gasteiger partial charge in [-0.15, -0.1) is 0 Å². The lowest BCUT2D eigenvalue weighted by Gasteiger charge is -2.01. The van der Waals surface area contributed by atoms with Gasteiger partial charge >= 0.3 is 0 Å². The van der Waals surface area contributed by atoms with Gasteiger partial charge in [0, 0.05) is 0 Å². The molecule has 1 aromatic carbocycles. The Morgan fingerprint density at radius 1 is 1.25 bits per heavy atom. The van der Waals surface area contributed by atoms with Crippen LogP contribution in [0.25, 0.3) is 0 Å². The molecule has 0 aliphatic carbocycles. The van der Waals surface area contributed by atoms with Crippen molar-refractivity contribution in [1.82, 2.24) is 0 Å². The summed E-state index contributed by atoms with van der Waals surface area (Å²) in [6.07, 6.45) is 0.664. The molecule has 0 saturated carbocycles. The fraction of sp³-hybridized carbons (Fsp3) is 0.250. The number of hydrogen-bond acceptors (Lipinski definition) is 4. The summed E-state index contributed by atoms with van der Waals surface area (Å²) >= 11 is 3.59. The van der Waals surface area contributed by atoms with E-state index in [9.17, 15) is 0 Å². The zero-order valence-electron chi connectivity index (χ0n) is 6.40. The third-order valence-electron chi connectivity index (χ3n) is 1.52. The summed E-state index contributed by atoms with van der Waals surface area (Å²) < 4.78 is 4.57. The number of phenolic OH excluding ortho intramolecular Hbond substituents is 2. The highest BCUT2D eigenvalue weighted by molar-refractivity contribution is 7.75. The van der Waals surface area contributed by atoms with Crippen LogP contribution in [0.4, 0.5) is 0 Å². The highest BCUT2D eigenvalue weighted by Crippen LogP contribution is 2.24. The Balaban J connectivity index is 2.69.